The third kappa shape index (κ3) is 4.63. The van der Waals surface area contributed by atoms with Gasteiger partial charge in [-0.2, -0.15) is 5.10 Å². The van der Waals surface area contributed by atoms with E-state index in [0.29, 0.717) is 17.7 Å². The van der Waals surface area contributed by atoms with Crippen molar-refractivity contribution in [2.24, 2.45) is 0 Å². The van der Waals surface area contributed by atoms with Crippen molar-refractivity contribution in [2.75, 3.05) is 13.7 Å². The Morgan fingerprint density at radius 1 is 0.944 bits per heavy atom. The highest BCUT2D eigenvalue weighted by molar-refractivity contribution is 5.88. The van der Waals surface area contributed by atoms with E-state index in [9.17, 15) is 20.4 Å². The van der Waals surface area contributed by atoms with Gasteiger partial charge < -0.3 is 34.6 Å². The summed E-state index contributed by atoms with van der Waals surface area (Å²) >= 11 is 0. The van der Waals surface area contributed by atoms with Gasteiger partial charge in [0.25, 0.3) is 0 Å². The Hall–Kier alpha value is -3.21. The lowest BCUT2D eigenvalue weighted by Crippen LogP contribution is -2.60. The summed E-state index contributed by atoms with van der Waals surface area (Å²) in [7, 11) is 1.65. The Kier molecular flexibility index (Phi) is 6.83. The van der Waals surface area contributed by atoms with Crippen LogP contribution in [0.25, 0.3) is 21.7 Å². The smallest absolute Gasteiger partial charge is 0.229 e. The number of benzene rings is 3. The quantitative estimate of drug-likeness (QED) is 0.263. The minimum atomic E-state index is -1.52. The number of fused-ring (bicyclic) bond motifs is 2. The number of H-pyrrole nitrogens is 1. The van der Waals surface area contributed by atoms with E-state index in [1.54, 1.807) is 7.11 Å². The zero-order valence-electron chi connectivity index (χ0n) is 20.1. The minimum absolute atomic E-state index is 0.434. The lowest BCUT2D eigenvalue weighted by Gasteiger charge is -2.39. The molecule has 1 aliphatic heterocycles. The summed E-state index contributed by atoms with van der Waals surface area (Å²) in [6.07, 6.45) is -5.37. The first-order valence-corrected chi connectivity index (χ1v) is 11.9. The summed E-state index contributed by atoms with van der Waals surface area (Å²) in [6.45, 7) is 1.38. The van der Waals surface area contributed by atoms with Crippen LogP contribution in [0.3, 0.4) is 0 Å². The van der Waals surface area contributed by atoms with Crippen LogP contribution in [-0.2, 0) is 17.6 Å². The minimum Gasteiger partial charge on any atom is -0.497 e. The molecule has 0 radical (unpaired) electrons. The second kappa shape index (κ2) is 10.0. The Bertz CT molecular complexity index is 1370. The van der Waals surface area contributed by atoms with Gasteiger partial charge in [-0.05, 0) is 65.9 Å². The molecule has 3 aromatic carbocycles. The number of aromatic amines is 1. The molecule has 36 heavy (non-hydrogen) atoms. The molecule has 0 aliphatic carbocycles. The molecule has 9 heteroatoms. The van der Waals surface area contributed by atoms with E-state index in [1.165, 1.54) is 5.56 Å². The van der Waals surface area contributed by atoms with Gasteiger partial charge in [-0.15, -0.1) is 0 Å². The van der Waals surface area contributed by atoms with E-state index in [0.717, 1.165) is 39.6 Å². The molecule has 190 valence electrons. The molecular weight excluding hydrogens is 464 g/mol. The van der Waals surface area contributed by atoms with Crippen molar-refractivity contribution in [1.82, 2.24) is 10.2 Å². The molecule has 4 aromatic rings. The van der Waals surface area contributed by atoms with Crippen molar-refractivity contribution in [2.45, 2.75) is 50.5 Å². The van der Waals surface area contributed by atoms with Gasteiger partial charge in [0, 0.05) is 5.69 Å². The van der Waals surface area contributed by atoms with Gasteiger partial charge >= 0.3 is 0 Å². The summed E-state index contributed by atoms with van der Waals surface area (Å²) in [5.41, 5.74) is 3.62. The molecule has 0 spiro atoms. The molecule has 0 amide bonds. The van der Waals surface area contributed by atoms with E-state index in [4.69, 9.17) is 14.2 Å². The monoisotopic (exact) mass is 494 g/mol. The first-order valence-electron chi connectivity index (χ1n) is 11.9. The van der Waals surface area contributed by atoms with Crippen LogP contribution in [0.2, 0.25) is 0 Å². The van der Waals surface area contributed by atoms with Crippen LogP contribution in [-0.4, -0.2) is 75.0 Å². The van der Waals surface area contributed by atoms with Crippen LogP contribution in [0.15, 0.2) is 48.5 Å². The Labute approximate surface area is 207 Å². The van der Waals surface area contributed by atoms with Crippen molar-refractivity contribution in [3.63, 3.8) is 0 Å². The molecule has 5 N–H and O–H groups in total. The average molecular weight is 495 g/mol. The highest BCUT2D eigenvalue weighted by Gasteiger charge is 2.45. The zero-order valence-corrected chi connectivity index (χ0v) is 20.1. The normalized spacial score (nSPS) is 24.3. The first kappa shape index (κ1) is 24.5. The van der Waals surface area contributed by atoms with Crippen LogP contribution >= 0.6 is 0 Å². The number of ether oxygens (including phenoxy) is 3. The molecule has 1 aromatic heterocycles. The largest absolute Gasteiger partial charge is 0.497 e. The molecule has 9 nitrogen and oxygen atoms in total. The maximum Gasteiger partial charge on any atom is 0.229 e. The Balaban J connectivity index is 1.40. The maximum absolute atomic E-state index is 10.4. The van der Waals surface area contributed by atoms with Crippen molar-refractivity contribution < 1.29 is 34.6 Å². The van der Waals surface area contributed by atoms with Crippen LogP contribution in [0.4, 0.5) is 0 Å². The van der Waals surface area contributed by atoms with Crippen molar-refractivity contribution >= 4 is 21.7 Å². The third-order valence-electron chi connectivity index (χ3n) is 6.71. The number of nitrogens with zero attached hydrogens (tertiary/aromatic N) is 1. The number of aryl methyl sites for hydroxylation is 3. The second-order valence-electron chi connectivity index (χ2n) is 9.22. The molecule has 1 saturated heterocycles. The van der Waals surface area contributed by atoms with Crippen LogP contribution in [0.1, 0.15) is 16.8 Å². The number of hydrogen-bond donors (Lipinski definition) is 5. The SMILES string of the molecule is COc1ccc2cc(CCc3[nH]nc4cc(C)cc(OC5OC(CO)C(O)C(O)C5O)c34)ccc2c1. The number of hydrogen-bond acceptors (Lipinski definition) is 8. The van der Waals surface area contributed by atoms with Crippen molar-refractivity contribution in [3.05, 3.63) is 65.4 Å². The first-order chi connectivity index (χ1) is 17.4. The van der Waals surface area contributed by atoms with Gasteiger partial charge in [0.2, 0.25) is 6.29 Å². The summed E-state index contributed by atoms with van der Waals surface area (Å²) in [5, 5.41) is 50.7. The molecule has 5 atom stereocenters. The van der Waals surface area contributed by atoms with Crippen LogP contribution < -0.4 is 9.47 Å². The summed E-state index contributed by atoms with van der Waals surface area (Å²) in [5.74, 6) is 1.25. The van der Waals surface area contributed by atoms with Crippen molar-refractivity contribution in [1.29, 1.82) is 0 Å². The number of aliphatic hydroxyl groups is 4. The molecule has 0 saturated carbocycles. The summed E-state index contributed by atoms with van der Waals surface area (Å²) in [4.78, 5) is 0. The topological polar surface area (TPSA) is 137 Å². The van der Waals surface area contributed by atoms with Crippen molar-refractivity contribution in [3.8, 4) is 11.5 Å². The highest BCUT2D eigenvalue weighted by Crippen LogP contribution is 2.33. The lowest BCUT2D eigenvalue weighted by molar-refractivity contribution is -0.277. The number of aliphatic hydroxyl groups excluding tert-OH is 4. The molecule has 5 rings (SSSR count). The van der Waals surface area contributed by atoms with Gasteiger partial charge in [0.15, 0.2) is 0 Å². The van der Waals surface area contributed by atoms with E-state index >= 15 is 0 Å². The molecule has 0 bridgehead atoms. The fraction of sp³-hybridized carbons (Fsp3) is 0.370. The lowest BCUT2D eigenvalue weighted by atomic mass is 9.99. The number of methoxy groups -OCH3 is 1. The standard InChI is InChI=1S/C27H30N2O7/c1-14-9-20-23(21(10-14)35-27-26(33)25(32)24(31)22(13-30)36-27)19(28-29-20)8-4-15-3-5-17-12-18(34-2)7-6-16(17)11-15/h3,5-7,9-12,22,24-27,30-33H,4,8,13H2,1-2H3,(H,28,29). The van der Waals surface area contributed by atoms with Crippen LogP contribution in [0.5, 0.6) is 11.5 Å². The van der Waals surface area contributed by atoms with E-state index < -0.39 is 37.3 Å². The summed E-state index contributed by atoms with van der Waals surface area (Å²) in [6, 6.07) is 16.1. The fourth-order valence-corrected chi connectivity index (χ4v) is 4.70. The Morgan fingerprint density at radius 2 is 1.72 bits per heavy atom. The molecule has 2 heterocycles. The second-order valence-corrected chi connectivity index (χ2v) is 9.22. The van der Waals surface area contributed by atoms with E-state index in [2.05, 4.69) is 28.4 Å². The van der Waals surface area contributed by atoms with Gasteiger partial charge in [0.05, 0.1) is 24.6 Å². The summed E-state index contributed by atoms with van der Waals surface area (Å²) < 4.78 is 16.9. The molecule has 5 unspecified atom stereocenters. The highest BCUT2D eigenvalue weighted by atomic mass is 16.7. The van der Waals surface area contributed by atoms with Gasteiger partial charge in [0.1, 0.15) is 35.9 Å². The third-order valence-corrected chi connectivity index (χ3v) is 6.71. The Morgan fingerprint density at radius 3 is 2.50 bits per heavy atom. The van der Waals surface area contributed by atoms with E-state index in [-0.39, 0.29) is 0 Å². The number of aromatic nitrogens is 2. The van der Waals surface area contributed by atoms with Gasteiger partial charge in [-0.3, -0.25) is 5.10 Å². The predicted molar refractivity (Wildman–Crippen MR) is 133 cm³/mol. The maximum atomic E-state index is 10.4. The number of rotatable bonds is 7. The average Bonchev–Trinajstić information content (AvgIpc) is 3.30. The molecular formula is C27H30N2O7. The van der Waals surface area contributed by atoms with Gasteiger partial charge in [-0.1, -0.05) is 24.3 Å². The van der Waals surface area contributed by atoms with E-state index in [1.807, 2.05) is 37.3 Å². The fourth-order valence-electron chi connectivity index (χ4n) is 4.70. The number of nitrogens with one attached hydrogen (secondary N) is 1. The van der Waals surface area contributed by atoms with Crippen LogP contribution in [0, 0.1) is 6.92 Å². The van der Waals surface area contributed by atoms with Gasteiger partial charge in [-0.25, -0.2) is 0 Å². The zero-order chi connectivity index (χ0) is 25.4. The molecule has 1 fully saturated rings. The molecule has 1 aliphatic rings. The predicted octanol–water partition coefficient (Wildman–Crippen LogP) is 2.00.